The zero-order chi connectivity index (χ0) is 13.9. The van der Waals surface area contributed by atoms with Crippen molar-refractivity contribution in [2.24, 2.45) is 4.99 Å². The highest BCUT2D eigenvalue weighted by atomic mass is 32.2. The van der Waals surface area contributed by atoms with Crippen molar-refractivity contribution in [2.75, 3.05) is 11.1 Å². The summed E-state index contributed by atoms with van der Waals surface area (Å²) in [5.41, 5.74) is 3.01. The molecule has 0 amide bonds. The molecule has 1 aliphatic heterocycles. The SMILES string of the molecule is Cc1ccc(F)cc1NC1=NC(c2ccccc2)CS1. The molecule has 0 aromatic heterocycles. The van der Waals surface area contributed by atoms with Gasteiger partial charge in [0, 0.05) is 11.4 Å². The van der Waals surface area contributed by atoms with Crippen LogP contribution in [0.1, 0.15) is 17.2 Å². The minimum atomic E-state index is -0.235. The Kier molecular flexibility index (Phi) is 3.74. The summed E-state index contributed by atoms with van der Waals surface area (Å²) in [7, 11) is 0. The molecule has 3 rings (SSSR count). The first kappa shape index (κ1) is 13.2. The fourth-order valence-electron chi connectivity index (χ4n) is 2.13. The van der Waals surface area contributed by atoms with Crippen LogP contribution >= 0.6 is 11.8 Å². The van der Waals surface area contributed by atoms with Gasteiger partial charge in [0.1, 0.15) is 5.82 Å². The molecule has 0 saturated heterocycles. The quantitative estimate of drug-likeness (QED) is 0.885. The van der Waals surface area contributed by atoms with Crippen molar-refractivity contribution in [3.63, 3.8) is 0 Å². The number of rotatable bonds is 2. The van der Waals surface area contributed by atoms with Crippen molar-refractivity contribution in [3.8, 4) is 0 Å². The average Bonchev–Trinajstić information content (AvgIpc) is 2.92. The van der Waals surface area contributed by atoms with E-state index in [1.807, 2.05) is 25.1 Å². The van der Waals surface area contributed by atoms with E-state index >= 15 is 0 Å². The molecule has 1 unspecified atom stereocenters. The second-order valence-electron chi connectivity index (χ2n) is 4.76. The van der Waals surface area contributed by atoms with Gasteiger partial charge in [0.15, 0.2) is 5.17 Å². The summed E-state index contributed by atoms with van der Waals surface area (Å²) < 4.78 is 13.3. The first-order chi connectivity index (χ1) is 9.72. The van der Waals surface area contributed by atoms with Crippen LogP contribution in [0.2, 0.25) is 0 Å². The van der Waals surface area contributed by atoms with Gasteiger partial charge in [0.2, 0.25) is 0 Å². The second kappa shape index (κ2) is 5.67. The Balaban J connectivity index is 1.77. The molecule has 4 heteroatoms. The number of aliphatic imine (C=N–C) groups is 1. The zero-order valence-electron chi connectivity index (χ0n) is 11.1. The number of nitrogens with zero attached hydrogens (tertiary/aromatic N) is 1. The molecule has 20 heavy (non-hydrogen) atoms. The number of hydrogen-bond donors (Lipinski definition) is 1. The van der Waals surface area contributed by atoms with Gasteiger partial charge in [-0.15, -0.1) is 0 Å². The Labute approximate surface area is 122 Å². The van der Waals surface area contributed by atoms with E-state index in [-0.39, 0.29) is 11.9 Å². The minimum Gasteiger partial charge on any atom is -0.335 e. The lowest BCUT2D eigenvalue weighted by atomic mass is 10.1. The van der Waals surface area contributed by atoms with Crippen molar-refractivity contribution in [3.05, 3.63) is 65.5 Å². The predicted octanol–water partition coefficient (Wildman–Crippen LogP) is 4.39. The molecule has 0 radical (unpaired) electrons. The Hall–Kier alpha value is -1.81. The third-order valence-electron chi connectivity index (χ3n) is 3.28. The molecule has 0 saturated carbocycles. The van der Waals surface area contributed by atoms with Crippen molar-refractivity contribution in [1.29, 1.82) is 0 Å². The van der Waals surface area contributed by atoms with Gasteiger partial charge in [-0.3, -0.25) is 4.99 Å². The van der Waals surface area contributed by atoms with Gasteiger partial charge < -0.3 is 5.32 Å². The van der Waals surface area contributed by atoms with E-state index in [4.69, 9.17) is 0 Å². The Morgan fingerprint density at radius 1 is 1.20 bits per heavy atom. The lowest BCUT2D eigenvalue weighted by molar-refractivity contribution is 0.628. The van der Waals surface area contributed by atoms with Crippen molar-refractivity contribution >= 4 is 22.6 Å². The van der Waals surface area contributed by atoms with Gasteiger partial charge in [0.25, 0.3) is 0 Å². The third-order valence-corrected chi connectivity index (χ3v) is 4.24. The van der Waals surface area contributed by atoms with Crippen molar-refractivity contribution in [2.45, 2.75) is 13.0 Å². The molecule has 0 spiro atoms. The molecule has 0 aliphatic carbocycles. The lowest BCUT2D eigenvalue weighted by Crippen LogP contribution is -2.06. The number of anilines is 1. The zero-order valence-corrected chi connectivity index (χ0v) is 12.0. The highest BCUT2D eigenvalue weighted by Gasteiger charge is 2.20. The van der Waals surface area contributed by atoms with Gasteiger partial charge >= 0.3 is 0 Å². The van der Waals surface area contributed by atoms with Crippen LogP contribution in [0, 0.1) is 12.7 Å². The van der Waals surface area contributed by atoms with Crippen LogP contribution in [0.25, 0.3) is 0 Å². The summed E-state index contributed by atoms with van der Waals surface area (Å²) in [4.78, 5) is 4.67. The standard InChI is InChI=1S/C16H15FN2S/c1-11-7-8-13(17)9-14(11)18-16-19-15(10-20-16)12-5-3-2-4-6-12/h2-9,15H,10H2,1H3,(H,18,19). The fraction of sp³-hybridized carbons (Fsp3) is 0.188. The van der Waals surface area contributed by atoms with Gasteiger partial charge in [-0.25, -0.2) is 4.39 Å². The maximum atomic E-state index is 13.3. The topological polar surface area (TPSA) is 24.4 Å². The van der Waals surface area contributed by atoms with Crippen molar-refractivity contribution < 1.29 is 4.39 Å². The third kappa shape index (κ3) is 2.85. The van der Waals surface area contributed by atoms with E-state index in [9.17, 15) is 4.39 Å². The number of nitrogens with one attached hydrogen (secondary N) is 1. The summed E-state index contributed by atoms with van der Waals surface area (Å²) in [5.74, 6) is 0.682. The van der Waals surface area contributed by atoms with E-state index < -0.39 is 0 Å². The predicted molar refractivity (Wildman–Crippen MR) is 83.8 cm³/mol. The summed E-state index contributed by atoms with van der Waals surface area (Å²) >= 11 is 1.67. The first-order valence-corrected chi connectivity index (χ1v) is 7.49. The molecule has 0 fully saturated rings. The molecular formula is C16H15FN2S. The highest BCUT2D eigenvalue weighted by Crippen LogP contribution is 2.31. The summed E-state index contributed by atoms with van der Waals surface area (Å²) in [6.07, 6.45) is 0. The Bertz CT molecular complexity index is 640. The number of amidine groups is 1. The van der Waals surface area contributed by atoms with Crippen molar-refractivity contribution in [1.82, 2.24) is 0 Å². The largest absolute Gasteiger partial charge is 0.335 e. The van der Waals surface area contributed by atoms with E-state index in [0.29, 0.717) is 0 Å². The molecule has 0 bridgehead atoms. The summed E-state index contributed by atoms with van der Waals surface area (Å²) in [6.45, 7) is 1.95. The van der Waals surface area contributed by atoms with Crippen LogP contribution in [-0.4, -0.2) is 10.9 Å². The van der Waals surface area contributed by atoms with Crippen LogP contribution in [0.15, 0.2) is 53.5 Å². The van der Waals surface area contributed by atoms with Crippen LogP contribution in [0.3, 0.4) is 0 Å². The molecule has 2 aromatic carbocycles. The number of aryl methyl sites for hydroxylation is 1. The number of benzene rings is 2. The molecular weight excluding hydrogens is 271 g/mol. The first-order valence-electron chi connectivity index (χ1n) is 6.51. The van der Waals surface area contributed by atoms with Crippen LogP contribution < -0.4 is 5.32 Å². The number of hydrogen-bond acceptors (Lipinski definition) is 3. The Morgan fingerprint density at radius 2 is 2.00 bits per heavy atom. The van der Waals surface area contributed by atoms with E-state index in [1.165, 1.54) is 17.7 Å². The van der Waals surface area contributed by atoms with Gasteiger partial charge in [-0.05, 0) is 30.2 Å². The Morgan fingerprint density at radius 3 is 2.80 bits per heavy atom. The molecule has 1 aliphatic rings. The molecule has 1 atom stereocenters. The normalized spacial score (nSPS) is 17.9. The van der Waals surface area contributed by atoms with Gasteiger partial charge in [0.05, 0.1) is 6.04 Å². The fourth-order valence-corrected chi connectivity index (χ4v) is 3.10. The molecule has 2 nitrogen and oxygen atoms in total. The van der Waals surface area contributed by atoms with E-state index in [1.54, 1.807) is 17.8 Å². The van der Waals surface area contributed by atoms with E-state index in [2.05, 4.69) is 22.4 Å². The van der Waals surface area contributed by atoms with E-state index in [0.717, 1.165) is 22.2 Å². The second-order valence-corrected chi connectivity index (χ2v) is 5.76. The minimum absolute atomic E-state index is 0.178. The van der Waals surface area contributed by atoms with Crippen LogP contribution in [0.4, 0.5) is 10.1 Å². The number of thioether (sulfide) groups is 1. The van der Waals surface area contributed by atoms with Crippen LogP contribution in [-0.2, 0) is 0 Å². The summed E-state index contributed by atoms with van der Waals surface area (Å²) in [5, 5.41) is 4.08. The van der Waals surface area contributed by atoms with Gasteiger partial charge in [-0.1, -0.05) is 48.2 Å². The molecule has 1 heterocycles. The van der Waals surface area contributed by atoms with Gasteiger partial charge in [-0.2, -0.15) is 0 Å². The molecule has 1 N–H and O–H groups in total. The molecule has 2 aromatic rings. The monoisotopic (exact) mass is 286 g/mol. The highest BCUT2D eigenvalue weighted by molar-refractivity contribution is 8.14. The maximum absolute atomic E-state index is 13.3. The average molecular weight is 286 g/mol. The lowest BCUT2D eigenvalue weighted by Gasteiger charge is -2.08. The number of halogens is 1. The maximum Gasteiger partial charge on any atom is 0.161 e. The smallest absolute Gasteiger partial charge is 0.161 e. The van der Waals surface area contributed by atoms with Crippen LogP contribution in [0.5, 0.6) is 0 Å². The summed E-state index contributed by atoms with van der Waals surface area (Å²) in [6, 6.07) is 15.2. The molecule has 102 valence electrons.